The molecule has 2 aromatic carbocycles. The number of benzene rings is 2. The molecular formula is C27H30N2O5. The number of carboxylic acids is 1. The number of carboxylic acid groups (broad SMARTS) is 1. The minimum absolute atomic E-state index is 0.0405. The van der Waals surface area contributed by atoms with Crippen LogP contribution in [-0.2, 0) is 14.3 Å². The van der Waals surface area contributed by atoms with E-state index in [4.69, 9.17) is 4.74 Å². The van der Waals surface area contributed by atoms with E-state index in [9.17, 15) is 19.5 Å². The third kappa shape index (κ3) is 4.98. The van der Waals surface area contributed by atoms with Crippen LogP contribution in [0.4, 0.5) is 4.79 Å². The second-order valence-corrected chi connectivity index (χ2v) is 8.93. The predicted octanol–water partition coefficient (Wildman–Crippen LogP) is 4.09. The highest BCUT2D eigenvalue weighted by molar-refractivity contribution is 5.86. The number of carbonyl (C=O) groups excluding carboxylic acids is 2. The maximum atomic E-state index is 12.7. The van der Waals surface area contributed by atoms with Gasteiger partial charge in [0.25, 0.3) is 0 Å². The van der Waals surface area contributed by atoms with Gasteiger partial charge < -0.3 is 20.5 Å². The molecule has 4 rings (SSSR count). The molecule has 34 heavy (non-hydrogen) atoms. The first-order chi connectivity index (χ1) is 16.5. The van der Waals surface area contributed by atoms with Gasteiger partial charge in [-0.1, -0.05) is 61.0 Å². The molecule has 0 radical (unpaired) electrons. The SMILES string of the molecule is C=CCC(NC(=O)OCC1c2ccccc2-c2ccccc21)C(=O)NCC(C(=O)O)C1CCC1. The second kappa shape index (κ2) is 10.5. The zero-order valence-corrected chi connectivity index (χ0v) is 19.0. The van der Waals surface area contributed by atoms with Gasteiger partial charge in [0.2, 0.25) is 5.91 Å². The molecule has 0 bridgehead atoms. The third-order valence-electron chi connectivity index (χ3n) is 6.89. The van der Waals surface area contributed by atoms with Crippen LogP contribution < -0.4 is 10.6 Å². The Morgan fingerprint density at radius 1 is 1.06 bits per heavy atom. The summed E-state index contributed by atoms with van der Waals surface area (Å²) in [6, 6.07) is 15.2. The molecule has 1 fully saturated rings. The van der Waals surface area contributed by atoms with Crippen molar-refractivity contribution in [3.05, 3.63) is 72.3 Å². The zero-order chi connectivity index (χ0) is 24.1. The van der Waals surface area contributed by atoms with Gasteiger partial charge in [-0.2, -0.15) is 0 Å². The maximum Gasteiger partial charge on any atom is 0.407 e. The van der Waals surface area contributed by atoms with Gasteiger partial charge in [0, 0.05) is 12.5 Å². The Bertz CT molecular complexity index is 1030. The molecule has 2 amide bonds. The van der Waals surface area contributed by atoms with Gasteiger partial charge in [-0.15, -0.1) is 6.58 Å². The average Bonchev–Trinajstić information content (AvgIpc) is 3.12. The standard InChI is InChI=1S/C27H30N2O5/c1-2-8-24(25(30)28-15-22(26(31)32)17-9-7-10-17)29-27(33)34-16-23-20-13-5-3-11-18(20)19-12-4-6-14-21(19)23/h2-6,11-14,17,22-24H,1,7-10,15-16H2,(H,28,30)(H,29,33)(H,31,32). The number of aliphatic carboxylic acids is 1. The second-order valence-electron chi connectivity index (χ2n) is 8.93. The van der Waals surface area contributed by atoms with E-state index in [-0.39, 0.29) is 31.4 Å². The molecule has 2 aromatic rings. The molecule has 0 saturated heterocycles. The number of hydrogen-bond acceptors (Lipinski definition) is 4. The van der Waals surface area contributed by atoms with Crippen molar-refractivity contribution < 1.29 is 24.2 Å². The van der Waals surface area contributed by atoms with Gasteiger partial charge in [-0.25, -0.2) is 4.79 Å². The molecule has 0 aromatic heterocycles. The van der Waals surface area contributed by atoms with E-state index < -0.39 is 29.9 Å². The summed E-state index contributed by atoms with van der Waals surface area (Å²) in [5.41, 5.74) is 4.48. The maximum absolute atomic E-state index is 12.7. The number of hydrogen-bond donors (Lipinski definition) is 3. The summed E-state index contributed by atoms with van der Waals surface area (Å²) < 4.78 is 5.54. The Hall–Kier alpha value is -3.61. The van der Waals surface area contributed by atoms with E-state index in [0.29, 0.717) is 0 Å². The van der Waals surface area contributed by atoms with Gasteiger partial charge in [0.05, 0.1) is 5.92 Å². The predicted molar refractivity (Wildman–Crippen MR) is 128 cm³/mol. The monoisotopic (exact) mass is 462 g/mol. The van der Waals surface area contributed by atoms with Crippen molar-refractivity contribution in [2.45, 2.75) is 37.6 Å². The Kier molecular flexibility index (Phi) is 7.30. The summed E-state index contributed by atoms with van der Waals surface area (Å²) in [4.78, 5) is 36.8. The van der Waals surface area contributed by atoms with Gasteiger partial charge in [0.15, 0.2) is 0 Å². The van der Waals surface area contributed by atoms with Gasteiger partial charge in [0.1, 0.15) is 12.6 Å². The first-order valence-electron chi connectivity index (χ1n) is 11.7. The fraction of sp³-hybridized carbons (Fsp3) is 0.370. The molecule has 7 heteroatoms. The van der Waals surface area contributed by atoms with Gasteiger partial charge >= 0.3 is 12.1 Å². The van der Waals surface area contributed by atoms with Crippen molar-refractivity contribution in [3.8, 4) is 11.1 Å². The summed E-state index contributed by atoms with van der Waals surface area (Å²) in [6.45, 7) is 3.84. The van der Waals surface area contributed by atoms with E-state index >= 15 is 0 Å². The molecule has 2 unspecified atom stereocenters. The third-order valence-corrected chi connectivity index (χ3v) is 6.89. The number of rotatable bonds is 10. The molecule has 178 valence electrons. The Morgan fingerprint density at radius 3 is 2.21 bits per heavy atom. The normalized spacial score (nSPS) is 16.4. The van der Waals surface area contributed by atoms with Crippen LogP contribution in [0.2, 0.25) is 0 Å². The number of alkyl carbamates (subject to hydrolysis) is 1. The fourth-order valence-electron chi connectivity index (χ4n) is 4.81. The molecule has 2 aliphatic rings. The summed E-state index contributed by atoms with van der Waals surface area (Å²) in [5.74, 6) is -1.96. The van der Waals surface area contributed by atoms with Gasteiger partial charge in [-0.05, 0) is 47.4 Å². The fourth-order valence-corrected chi connectivity index (χ4v) is 4.81. The van der Waals surface area contributed by atoms with Crippen molar-refractivity contribution in [2.24, 2.45) is 11.8 Å². The van der Waals surface area contributed by atoms with Crippen molar-refractivity contribution in [1.82, 2.24) is 10.6 Å². The van der Waals surface area contributed by atoms with Crippen LogP contribution in [0, 0.1) is 11.8 Å². The topological polar surface area (TPSA) is 105 Å². The summed E-state index contributed by atoms with van der Waals surface area (Å²) in [6.07, 6.45) is 3.79. The van der Waals surface area contributed by atoms with E-state index in [2.05, 4.69) is 29.3 Å². The van der Waals surface area contributed by atoms with E-state index in [1.807, 2.05) is 36.4 Å². The number of ether oxygens (including phenoxy) is 1. The van der Waals surface area contributed by atoms with Crippen molar-refractivity contribution >= 4 is 18.0 Å². The minimum Gasteiger partial charge on any atom is -0.481 e. The van der Waals surface area contributed by atoms with E-state index in [1.165, 1.54) is 6.08 Å². The molecule has 7 nitrogen and oxygen atoms in total. The Balaban J connectivity index is 1.35. The van der Waals surface area contributed by atoms with Crippen LogP contribution in [0.1, 0.15) is 42.7 Å². The smallest absolute Gasteiger partial charge is 0.407 e. The first-order valence-corrected chi connectivity index (χ1v) is 11.7. The van der Waals surface area contributed by atoms with Crippen molar-refractivity contribution in [2.75, 3.05) is 13.2 Å². The molecule has 0 spiro atoms. The van der Waals surface area contributed by atoms with E-state index in [1.54, 1.807) is 0 Å². The number of carbonyl (C=O) groups is 3. The highest BCUT2D eigenvalue weighted by Gasteiger charge is 2.34. The van der Waals surface area contributed by atoms with Crippen LogP contribution >= 0.6 is 0 Å². The lowest BCUT2D eigenvalue weighted by molar-refractivity contribution is -0.144. The Morgan fingerprint density at radius 2 is 1.68 bits per heavy atom. The van der Waals surface area contributed by atoms with E-state index in [0.717, 1.165) is 41.5 Å². The van der Waals surface area contributed by atoms with Crippen molar-refractivity contribution in [1.29, 1.82) is 0 Å². The quantitative estimate of drug-likeness (QED) is 0.462. The largest absolute Gasteiger partial charge is 0.481 e. The molecular weight excluding hydrogens is 432 g/mol. The summed E-state index contributed by atoms with van der Waals surface area (Å²) >= 11 is 0. The highest BCUT2D eigenvalue weighted by atomic mass is 16.5. The molecule has 0 heterocycles. The molecule has 1 saturated carbocycles. The van der Waals surface area contributed by atoms with Crippen LogP contribution in [0.25, 0.3) is 11.1 Å². The molecule has 2 aliphatic carbocycles. The van der Waals surface area contributed by atoms with Crippen LogP contribution in [0.3, 0.4) is 0 Å². The van der Waals surface area contributed by atoms with Crippen LogP contribution in [-0.4, -0.2) is 42.3 Å². The summed E-state index contributed by atoms with van der Waals surface area (Å²) in [7, 11) is 0. The highest BCUT2D eigenvalue weighted by Crippen LogP contribution is 2.44. The van der Waals surface area contributed by atoms with Crippen LogP contribution in [0.15, 0.2) is 61.2 Å². The number of nitrogens with one attached hydrogen (secondary N) is 2. The van der Waals surface area contributed by atoms with Crippen LogP contribution in [0.5, 0.6) is 0 Å². The van der Waals surface area contributed by atoms with Crippen molar-refractivity contribution in [3.63, 3.8) is 0 Å². The summed E-state index contributed by atoms with van der Waals surface area (Å²) in [5, 5.41) is 14.8. The number of amides is 2. The molecule has 0 aliphatic heterocycles. The lowest BCUT2D eigenvalue weighted by Gasteiger charge is -2.31. The zero-order valence-electron chi connectivity index (χ0n) is 19.0. The molecule has 2 atom stereocenters. The molecule has 3 N–H and O–H groups in total. The minimum atomic E-state index is -0.908. The van der Waals surface area contributed by atoms with Gasteiger partial charge in [-0.3, -0.25) is 9.59 Å². The number of fused-ring (bicyclic) bond motifs is 3. The lowest BCUT2D eigenvalue weighted by Crippen LogP contribution is -2.49. The lowest BCUT2D eigenvalue weighted by atomic mass is 9.76. The first kappa shape index (κ1) is 23.5. The average molecular weight is 463 g/mol. The Labute approximate surface area is 199 Å².